The number of piperidine rings is 1. The summed E-state index contributed by atoms with van der Waals surface area (Å²) >= 11 is 0. The van der Waals surface area contributed by atoms with Gasteiger partial charge in [0.1, 0.15) is 12.6 Å². The van der Waals surface area contributed by atoms with Crippen LogP contribution in [0.25, 0.3) is 0 Å². The van der Waals surface area contributed by atoms with Gasteiger partial charge in [0.05, 0.1) is 0 Å². The van der Waals surface area contributed by atoms with Gasteiger partial charge in [0.25, 0.3) is 0 Å². The summed E-state index contributed by atoms with van der Waals surface area (Å²) in [6.07, 6.45) is 0.566. The van der Waals surface area contributed by atoms with Gasteiger partial charge in [-0.05, 0) is 29.9 Å². The number of hydrogen-bond donors (Lipinski definition) is 1. The number of carboxylic acids is 1. The SMILES string of the molecule is O=C(O)[C@@H]1C[C@H](c2ccccc2)CCN1C(=O)OCc1ccccc1. The third-order valence-corrected chi connectivity index (χ3v) is 4.60. The monoisotopic (exact) mass is 339 g/mol. The minimum Gasteiger partial charge on any atom is -0.480 e. The Morgan fingerprint density at radius 1 is 1.04 bits per heavy atom. The summed E-state index contributed by atoms with van der Waals surface area (Å²) in [5.41, 5.74) is 1.99. The molecule has 5 nitrogen and oxygen atoms in total. The van der Waals surface area contributed by atoms with Crippen molar-refractivity contribution in [1.29, 1.82) is 0 Å². The lowest BCUT2D eigenvalue weighted by molar-refractivity contribution is -0.144. The van der Waals surface area contributed by atoms with E-state index in [1.54, 1.807) is 0 Å². The third kappa shape index (κ3) is 4.18. The predicted molar refractivity (Wildman–Crippen MR) is 93.2 cm³/mol. The maximum Gasteiger partial charge on any atom is 0.410 e. The van der Waals surface area contributed by atoms with Crippen LogP contribution in [0.4, 0.5) is 4.79 Å². The summed E-state index contributed by atoms with van der Waals surface area (Å²) in [6, 6.07) is 18.4. The fourth-order valence-electron chi connectivity index (χ4n) is 3.25. The van der Waals surface area contributed by atoms with Crippen LogP contribution in [0.1, 0.15) is 29.9 Å². The third-order valence-electron chi connectivity index (χ3n) is 4.60. The number of carbonyl (C=O) groups is 2. The Morgan fingerprint density at radius 3 is 2.32 bits per heavy atom. The number of carbonyl (C=O) groups excluding carboxylic acids is 1. The van der Waals surface area contributed by atoms with Gasteiger partial charge in [-0.2, -0.15) is 0 Å². The quantitative estimate of drug-likeness (QED) is 0.923. The molecule has 0 spiro atoms. The minimum absolute atomic E-state index is 0.139. The molecule has 1 saturated heterocycles. The molecule has 5 heteroatoms. The predicted octanol–water partition coefficient (Wildman–Crippen LogP) is 3.66. The smallest absolute Gasteiger partial charge is 0.410 e. The molecule has 1 heterocycles. The van der Waals surface area contributed by atoms with Crippen LogP contribution in [0.2, 0.25) is 0 Å². The molecule has 25 heavy (non-hydrogen) atoms. The molecule has 2 aromatic carbocycles. The number of aliphatic carboxylic acids is 1. The molecule has 2 aromatic rings. The van der Waals surface area contributed by atoms with Crippen LogP contribution < -0.4 is 0 Å². The van der Waals surface area contributed by atoms with E-state index in [1.807, 2.05) is 60.7 Å². The van der Waals surface area contributed by atoms with Gasteiger partial charge in [-0.15, -0.1) is 0 Å². The lowest BCUT2D eigenvalue weighted by Gasteiger charge is -2.36. The van der Waals surface area contributed by atoms with E-state index in [9.17, 15) is 14.7 Å². The topological polar surface area (TPSA) is 66.8 Å². The van der Waals surface area contributed by atoms with E-state index >= 15 is 0 Å². The second-order valence-corrected chi connectivity index (χ2v) is 6.22. The Hall–Kier alpha value is -2.82. The average Bonchev–Trinajstić information content (AvgIpc) is 2.67. The Morgan fingerprint density at radius 2 is 1.68 bits per heavy atom. The van der Waals surface area contributed by atoms with Crippen molar-refractivity contribution in [1.82, 2.24) is 4.90 Å². The van der Waals surface area contributed by atoms with E-state index in [2.05, 4.69) is 0 Å². The highest BCUT2D eigenvalue weighted by molar-refractivity contribution is 5.80. The van der Waals surface area contributed by atoms with Crippen molar-refractivity contribution in [2.75, 3.05) is 6.54 Å². The van der Waals surface area contributed by atoms with Gasteiger partial charge in [-0.1, -0.05) is 60.7 Å². The van der Waals surface area contributed by atoms with Gasteiger partial charge < -0.3 is 9.84 Å². The van der Waals surface area contributed by atoms with Gasteiger partial charge in [0.2, 0.25) is 0 Å². The van der Waals surface area contributed by atoms with Crippen LogP contribution in [-0.4, -0.2) is 34.7 Å². The zero-order chi connectivity index (χ0) is 17.6. The van der Waals surface area contributed by atoms with Gasteiger partial charge >= 0.3 is 12.1 Å². The largest absolute Gasteiger partial charge is 0.480 e. The zero-order valence-corrected chi connectivity index (χ0v) is 13.9. The van der Waals surface area contributed by atoms with Crippen molar-refractivity contribution in [3.05, 3.63) is 71.8 Å². The van der Waals surface area contributed by atoms with Crippen LogP contribution in [0.3, 0.4) is 0 Å². The highest BCUT2D eigenvalue weighted by atomic mass is 16.6. The van der Waals surface area contributed by atoms with Crippen molar-refractivity contribution >= 4 is 12.1 Å². The van der Waals surface area contributed by atoms with Crippen LogP contribution >= 0.6 is 0 Å². The Labute approximate surface area is 146 Å². The molecule has 130 valence electrons. The van der Waals surface area contributed by atoms with E-state index < -0.39 is 18.1 Å². The number of benzene rings is 2. The molecule has 1 N–H and O–H groups in total. The van der Waals surface area contributed by atoms with Gasteiger partial charge in [-0.3, -0.25) is 4.90 Å². The van der Waals surface area contributed by atoms with Crippen molar-refractivity contribution < 1.29 is 19.4 Å². The first kappa shape index (κ1) is 17.0. The van der Waals surface area contributed by atoms with E-state index in [0.29, 0.717) is 13.0 Å². The van der Waals surface area contributed by atoms with Crippen LogP contribution in [-0.2, 0) is 16.1 Å². The molecule has 0 radical (unpaired) electrons. The summed E-state index contributed by atoms with van der Waals surface area (Å²) in [7, 11) is 0. The maximum absolute atomic E-state index is 12.4. The lowest BCUT2D eigenvalue weighted by Crippen LogP contribution is -2.49. The second-order valence-electron chi connectivity index (χ2n) is 6.22. The zero-order valence-electron chi connectivity index (χ0n) is 13.9. The summed E-state index contributed by atoms with van der Waals surface area (Å²) in [5.74, 6) is -0.849. The molecular weight excluding hydrogens is 318 g/mol. The molecule has 0 aliphatic carbocycles. The average molecular weight is 339 g/mol. The number of rotatable bonds is 4. The van der Waals surface area contributed by atoms with Gasteiger partial charge in [0.15, 0.2) is 0 Å². The first-order chi connectivity index (χ1) is 12.1. The minimum atomic E-state index is -0.989. The van der Waals surface area contributed by atoms with E-state index in [4.69, 9.17) is 4.74 Å². The first-order valence-electron chi connectivity index (χ1n) is 8.40. The fraction of sp³-hybridized carbons (Fsp3) is 0.300. The summed E-state index contributed by atoms with van der Waals surface area (Å²) < 4.78 is 5.31. The standard InChI is InChI=1S/C20H21NO4/c22-19(23)18-13-17(16-9-5-2-6-10-16)11-12-21(18)20(24)25-14-15-7-3-1-4-8-15/h1-10,17-18H,11-14H2,(H,22,23)/t17-,18+/m1/s1. The van der Waals surface area contributed by atoms with Crippen LogP contribution in [0, 0.1) is 0 Å². The molecule has 0 saturated carbocycles. The Bertz CT molecular complexity index is 717. The van der Waals surface area contributed by atoms with E-state index in [1.165, 1.54) is 4.90 Å². The first-order valence-corrected chi connectivity index (χ1v) is 8.40. The molecule has 0 unspecified atom stereocenters. The van der Waals surface area contributed by atoms with E-state index in [0.717, 1.165) is 17.5 Å². The van der Waals surface area contributed by atoms with Gasteiger partial charge in [-0.25, -0.2) is 9.59 Å². The van der Waals surface area contributed by atoms with E-state index in [-0.39, 0.29) is 12.5 Å². The number of nitrogens with zero attached hydrogens (tertiary/aromatic N) is 1. The molecular formula is C20H21NO4. The number of carboxylic acid groups (broad SMARTS) is 1. The molecule has 1 aliphatic heterocycles. The lowest BCUT2D eigenvalue weighted by atomic mass is 9.85. The highest BCUT2D eigenvalue weighted by Crippen LogP contribution is 2.32. The molecule has 1 aliphatic rings. The van der Waals surface area contributed by atoms with Crippen molar-refractivity contribution in [2.24, 2.45) is 0 Å². The molecule has 0 bridgehead atoms. The Kier molecular flexibility index (Phi) is 5.33. The molecule has 1 amide bonds. The molecule has 1 fully saturated rings. The molecule has 2 atom stereocenters. The van der Waals surface area contributed by atoms with Crippen LogP contribution in [0.15, 0.2) is 60.7 Å². The number of likely N-dealkylation sites (tertiary alicyclic amines) is 1. The van der Waals surface area contributed by atoms with Gasteiger partial charge in [0, 0.05) is 6.54 Å². The normalized spacial score (nSPS) is 20.1. The number of amides is 1. The van der Waals surface area contributed by atoms with Crippen molar-refractivity contribution in [3.63, 3.8) is 0 Å². The molecule has 3 rings (SSSR count). The van der Waals surface area contributed by atoms with Crippen LogP contribution in [0.5, 0.6) is 0 Å². The summed E-state index contributed by atoms with van der Waals surface area (Å²) in [6.45, 7) is 0.523. The second kappa shape index (κ2) is 7.83. The molecule has 0 aromatic heterocycles. The summed E-state index contributed by atoms with van der Waals surface area (Å²) in [5, 5.41) is 9.56. The van der Waals surface area contributed by atoms with Crippen molar-refractivity contribution in [2.45, 2.75) is 31.4 Å². The highest BCUT2D eigenvalue weighted by Gasteiger charge is 2.37. The number of hydrogen-bond acceptors (Lipinski definition) is 3. The summed E-state index contributed by atoms with van der Waals surface area (Å²) in [4.78, 5) is 25.4. The number of ether oxygens (including phenoxy) is 1. The maximum atomic E-state index is 12.4. The van der Waals surface area contributed by atoms with Crippen molar-refractivity contribution in [3.8, 4) is 0 Å². The Balaban J connectivity index is 1.65. The fourth-order valence-corrected chi connectivity index (χ4v) is 3.25.